The molecular weight excluding hydrogens is 381 g/mol. The summed E-state index contributed by atoms with van der Waals surface area (Å²) in [4.78, 5) is 8.19. The van der Waals surface area contributed by atoms with Crippen molar-refractivity contribution in [1.82, 2.24) is 14.7 Å². The van der Waals surface area contributed by atoms with Gasteiger partial charge in [0.15, 0.2) is 0 Å². The smallest absolute Gasteiger partial charge is 0.243 e. The highest BCUT2D eigenvalue weighted by molar-refractivity contribution is 7.89. The normalized spacial score (nSPS) is 11.4. The molecule has 2 aromatic heterocycles. The van der Waals surface area contributed by atoms with E-state index in [1.54, 1.807) is 36.8 Å². The van der Waals surface area contributed by atoms with Gasteiger partial charge < -0.3 is 0 Å². The number of halogens is 2. The number of nitrogens with one attached hydrogen (secondary N) is 1. The second-order valence-corrected chi connectivity index (χ2v) is 7.64. The Morgan fingerprint density at radius 1 is 0.920 bits per heavy atom. The van der Waals surface area contributed by atoms with Crippen molar-refractivity contribution in [2.75, 3.05) is 0 Å². The van der Waals surface area contributed by atoms with E-state index in [4.69, 9.17) is 23.2 Å². The first kappa shape index (κ1) is 17.8. The summed E-state index contributed by atoms with van der Waals surface area (Å²) in [7, 11) is -3.87. The van der Waals surface area contributed by atoms with Crippen molar-refractivity contribution in [1.29, 1.82) is 0 Å². The SMILES string of the molecule is O=S(=O)(NCc1cccnc1-c1ccncc1)c1c(Cl)cccc1Cl. The van der Waals surface area contributed by atoms with E-state index in [2.05, 4.69) is 14.7 Å². The molecule has 5 nitrogen and oxygen atoms in total. The Hall–Kier alpha value is -1.99. The molecule has 0 amide bonds. The largest absolute Gasteiger partial charge is 0.265 e. The summed E-state index contributed by atoms with van der Waals surface area (Å²) in [5.41, 5.74) is 2.25. The van der Waals surface area contributed by atoms with Crippen LogP contribution in [0, 0.1) is 0 Å². The maximum absolute atomic E-state index is 12.6. The van der Waals surface area contributed by atoms with E-state index in [9.17, 15) is 8.42 Å². The molecule has 0 saturated heterocycles. The van der Waals surface area contributed by atoms with Crippen LogP contribution in [-0.4, -0.2) is 18.4 Å². The van der Waals surface area contributed by atoms with Gasteiger partial charge in [0.05, 0.1) is 15.7 Å². The Bertz CT molecular complexity index is 976. The zero-order chi connectivity index (χ0) is 17.9. The number of sulfonamides is 1. The van der Waals surface area contributed by atoms with Gasteiger partial charge in [0.2, 0.25) is 10.0 Å². The monoisotopic (exact) mass is 393 g/mol. The first-order valence-electron chi connectivity index (χ1n) is 7.27. The lowest BCUT2D eigenvalue weighted by molar-refractivity contribution is 0.581. The van der Waals surface area contributed by atoms with Gasteiger partial charge >= 0.3 is 0 Å². The van der Waals surface area contributed by atoms with E-state index in [0.29, 0.717) is 5.69 Å². The Balaban J connectivity index is 1.90. The van der Waals surface area contributed by atoms with Crippen molar-refractivity contribution in [3.05, 3.63) is 76.7 Å². The fourth-order valence-electron chi connectivity index (χ4n) is 2.34. The van der Waals surface area contributed by atoms with Crippen molar-refractivity contribution >= 4 is 33.2 Å². The number of rotatable bonds is 5. The summed E-state index contributed by atoms with van der Waals surface area (Å²) < 4.78 is 27.7. The van der Waals surface area contributed by atoms with E-state index < -0.39 is 10.0 Å². The maximum Gasteiger partial charge on any atom is 0.243 e. The Morgan fingerprint density at radius 2 is 1.60 bits per heavy atom. The van der Waals surface area contributed by atoms with Crippen LogP contribution < -0.4 is 4.72 Å². The molecule has 3 rings (SSSR count). The number of pyridine rings is 2. The van der Waals surface area contributed by atoms with Crippen LogP contribution in [0.3, 0.4) is 0 Å². The molecule has 0 spiro atoms. The maximum atomic E-state index is 12.6. The molecule has 0 bridgehead atoms. The number of aromatic nitrogens is 2. The van der Waals surface area contributed by atoms with E-state index in [0.717, 1.165) is 11.1 Å². The van der Waals surface area contributed by atoms with Crippen molar-refractivity contribution < 1.29 is 8.42 Å². The standard InChI is InChI=1S/C17H13Cl2N3O2S/c18-14-4-1-5-15(19)17(14)25(23,24)22-11-13-3-2-8-21-16(13)12-6-9-20-10-7-12/h1-10,22H,11H2. The lowest BCUT2D eigenvalue weighted by Gasteiger charge is -2.12. The van der Waals surface area contributed by atoms with Crippen molar-refractivity contribution in [3.63, 3.8) is 0 Å². The van der Waals surface area contributed by atoms with Crippen LogP contribution in [0.5, 0.6) is 0 Å². The minimum absolute atomic E-state index is 0.0510. The predicted molar refractivity (Wildman–Crippen MR) is 98.0 cm³/mol. The summed E-state index contributed by atoms with van der Waals surface area (Å²) in [5, 5.41) is 0.140. The molecule has 0 unspecified atom stereocenters. The van der Waals surface area contributed by atoms with Crippen LogP contribution in [0.1, 0.15) is 5.56 Å². The lowest BCUT2D eigenvalue weighted by Crippen LogP contribution is -2.24. The minimum atomic E-state index is -3.87. The van der Waals surface area contributed by atoms with Crippen LogP contribution in [0.2, 0.25) is 10.0 Å². The Kier molecular flexibility index (Phi) is 5.34. The highest BCUT2D eigenvalue weighted by Crippen LogP contribution is 2.29. The molecular formula is C17H13Cl2N3O2S. The quantitative estimate of drug-likeness (QED) is 0.712. The summed E-state index contributed by atoms with van der Waals surface area (Å²) in [6.45, 7) is 0.0510. The average Bonchev–Trinajstić information content (AvgIpc) is 2.61. The molecule has 3 aromatic rings. The zero-order valence-electron chi connectivity index (χ0n) is 12.9. The van der Waals surface area contributed by atoms with Gasteiger partial charge in [-0.15, -0.1) is 0 Å². The van der Waals surface area contributed by atoms with E-state index >= 15 is 0 Å². The van der Waals surface area contributed by atoms with Gasteiger partial charge in [-0.1, -0.05) is 35.3 Å². The predicted octanol–water partition coefficient (Wildman–Crippen LogP) is 3.93. The fraction of sp³-hybridized carbons (Fsp3) is 0.0588. The van der Waals surface area contributed by atoms with Gasteiger partial charge in [-0.2, -0.15) is 0 Å². The van der Waals surface area contributed by atoms with Gasteiger partial charge in [-0.25, -0.2) is 13.1 Å². The third kappa shape index (κ3) is 3.99. The zero-order valence-corrected chi connectivity index (χ0v) is 15.2. The average molecular weight is 394 g/mol. The van der Waals surface area contributed by atoms with E-state index in [1.165, 1.54) is 12.1 Å². The highest BCUT2D eigenvalue weighted by atomic mass is 35.5. The molecule has 2 heterocycles. The third-order valence-electron chi connectivity index (χ3n) is 3.49. The van der Waals surface area contributed by atoms with Gasteiger partial charge in [0, 0.05) is 30.7 Å². The van der Waals surface area contributed by atoms with Crippen LogP contribution in [0.4, 0.5) is 0 Å². The first-order valence-corrected chi connectivity index (χ1v) is 9.51. The van der Waals surface area contributed by atoms with Crippen LogP contribution in [0.25, 0.3) is 11.3 Å². The molecule has 1 N–H and O–H groups in total. The van der Waals surface area contributed by atoms with Crippen molar-refractivity contribution in [3.8, 4) is 11.3 Å². The summed E-state index contributed by atoms with van der Waals surface area (Å²) in [6.07, 6.45) is 4.96. The number of nitrogens with zero attached hydrogens (tertiary/aromatic N) is 2. The molecule has 0 atom stereocenters. The molecule has 0 radical (unpaired) electrons. The second-order valence-electron chi connectivity index (χ2n) is 5.12. The summed E-state index contributed by atoms with van der Waals surface area (Å²) in [5.74, 6) is 0. The van der Waals surface area contributed by atoms with Gasteiger partial charge in [0.1, 0.15) is 4.90 Å². The van der Waals surface area contributed by atoms with Crippen LogP contribution in [0.15, 0.2) is 66.0 Å². The fourth-order valence-corrected chi connectivity index (χ4v) is 4.48. The molecule has 0 saturated carbocycles. The van der Waals surface area contributed by atoms with Gasteiger partial charge in [0.25, 0.3) is 0 Å². The third-order valence-corrected chi connectivity index (χ3v) is 5.84. The molecule has 0 aliphatic heterocycles. The molecule has 0 fully saturated rings. The number of hydrogen-bond donors (Lipinski definition) is 1. The molecule has 0 aliphatic carbocycles. The molecule has 1 aromatic carbocycles. The second kappa shape index (κ2) is 7.49. The summed E-state index contributed by atoms with van der Waals surface area (Å²) in [6, 6.07) is 11.7. The van der Waals surface area contributed by atoms with Gasteiger partial charge in [-0.05, 0) is 35.9 Å². The van der Waals surface area contributed by atoms with Crippen LogP contribution in [-0.2, 0) is 16.6 Å². The van der Waals surface area contributed by atoms with Crippen molar-refractivity contribution in [2.24, 2.45) is 0 Å². The molecule has 25 heavy (non-hydrogen) atoms. The summed E-state index contributed by atoms with van der Waals surface area (Å²) >= 11 is 12.0. The van der Waals surface area contributed by atoms with Crippen molar-refractivity contribution in [2.45, 2.75) is 11.4 Å². The topological polar surface area (TPSA) is 72.0 Å². The molecule has 0 aliphatic rings. The molecule has 128 valence electrons. The number of hydrogen-bond acceptors (Lipinski definition) is 4. The minimum Gasteiger partial charge on any atom is -0.265 e. The highest BCUT2D eigenvalue weighted by Gasteiger charge is 2.21. The number of benzene rings is 1. The Morgan fingerprint density at radius 3 is 2.28 bits per heavy atom. The first-order chi connectivity index (χ1) is 12.0. The Labute approximate surface area is 155 Å². The molecule has 8 heteroatoms. The van der Waals surface area contributed by atoms with Gasteiger partial charge in [-0.3, -0.25) is 9.97 Å². The lowest BCUT2D eigenvalue weighted by atomic mass is 10.1. The van der Waals surface area contributed by atoms with E-state index in [-0.39, 0.29) is 21.5 Å². The van der Waals surface area contributed by atoms with Crippen LogP contribution >= 0.6 is 23.2 Å². The van der Waals surface area contributed by atoms with E-state index in [1.807, 2.05) is 12.1 Å².